The number of methoxy groups -OCH3 is 1. The van der Waals surface area contributed by atoms with Crippen LogP contribution in [0.3, 0.4) is 0 Å². The molecule has 0 radical (unpaired) electrons. The summed E-state index contributed by atoms with van der Waals surface area (Å²) in [6.45, 7) is 0. The maximum atomic E-state index is 10.8. The summed E-state index contributed by atoms with van der Waals surface area (Å²) < 4.78 is 6.82. The number of fused-ring (bicyclic) bond motifs is 1. The second-order valence-electron chi connectivity index (χ2n) is 5.95. The lowest BCUT2D eigenvalue weighted by Crippen LogP contribution is -1.94. The Kier molecular flexibility index (Phi) is 4.14. The molecule has 4 rings (SSSR count). The van der Waals surface area contributed by atoms with E-state index in [4.69, 9.17) is 4.74 Å². The number of aromatic amines is 1. The number of nitrogens with one attached hydrogen (secondary N) is 2. The molecule has 4 aromatic rings. The van der Waals surface area contributed by atoms with Gasteiger partial charge in [-0.2, -0.15) is 5.26 Å². The van der Waals surface area contributed by atoms with E-state index in [2.05, 4.69) is 21.5 Å². The van der Waals surface area contributed by atoms with E-state index >= 15 is 0 Å². The number of nitrogens with zero attached hydrogens (tertiary/aromatic N) is 4. The van der Waals surface area contributed by atoms with Crippen molar-refractivity contribution >= 4 is 22.8 Å². The Bertz CT molecular complexity index is 1200. The van der Waals surface area contributed by atoms with Gasteiger partial charge in [0.05, 0.1) is 23.9 Å². The standard InChI is InChI=1S/C19H14N6O3/c1-28-15-8-2-12(3-9-15)17-11-24-19(22-17)16(10-20)18(23-24)21-13-4-6-14(7-5-13)25(26)27/h2-9,11,21,23H,1H3. The number of imidazole rings is 1. The molecule has 2 aromatic carbocycles. The first kappa shape index (κ1) is 17.1. The highest BCUT2D eigenvalue weighted by molar-refractivity contribution is 5.75. The van der Waals surface area contributed by atoms with Crippen molar-refractivity contribution in [2.75, 3.05) is 12.4 Å². The second kappa shape index (κ2) is 6.77. The minimum absolute atomic E-state index is 0.00326. The number of aromatic nitrogens is 3. The third-order valence-corrected chi connectivity index (χ3v) is 4.26. The van der Waals surface area contributed by atoms with Gasteiger partial charge in [0.25, 0.3) is 5.69 Å². The Morgan fingerprint density at radius 2 is 1.93 bits per heavy atom. The molecule has 0 unspecified atom stereocenters. The Morgan fingerprint density at radius 1 is 1.21 bits per heavy atom. The molecule has 28 heavy (non-hydrogen) atoms. The minimum atomic E-state index is -0.464. The number of H-pyrrole nitrogens is 1. The van der Waals surface area contributed by atoms with E-state index in [1.165, 1.54) is 12.1 Å². The smallest absolute Gasteiger partial charge is 0.269 e. The summed E-state index contributed by atoms with van der Waals surface area (Å²) in [6.07, 6.45) is 1.79. The molecule has 2 aromatic heterocycles. The van der Waals surface area contributed by atoms with Gasteiger partial charge in [-0.3, -0.25) is 15.2 Å². The first-order valence-electron chi connectivity index (χ1n) is 8.26. The first-order valence-corrected chi connectivity index (χ1v) is 8.26. The number of ether oxygens (including phenoxy) is 1. The summed E-state index contributed by atoms with van der Waals surface area (Å²) in [7, 11) is 1.60. The Balaban J connectivity index is 1.66. The fourth-order valence-corrected chi connectivity index (χ4v) is 2.84. The first-order chi connectivity index (χ1) is 13.6. The van der Waals surface area contributed by atoms with Crippen LogP contribution in [0.15, 0.2) is 54.7 Å². The van der Waals surface area contributed by atoms with Crippen LogP contribution in [-0.4, -0.2) is 26.6 Å². The number of rotatable bonds is 5. The monoisotopic (exact) mass is 374 g/mol. The summed E-state index contributed by atoms with van der Waals surface area (Å²) in [5, 5.41) is 26.5. The highest BCUT2D eigenvalue weighted by atomic mass is 16.6. The largest absolute Gasteiger partial charge is 0.497 e. The molecular formula is C19H14N6O3. The van der Waals surface area contributed by atoms with Crippen molar-refractivity contribution in [1.82, 2.24) is 14.6 Å². The molecule has 0 aliphatic heterocycles. The number of nitro benzene ring substituents is 1. The molecule has 9 heteroatoms. The summed E-state index contributed by atoms with van der Waals surface area (Å²) in [6, 6.07) is 15.6. The average molecular weight is 374 g/mol. The third kappa shape index (κ3) is 2.99. The van der Waals surface area contributed by atoms with E-state index in [1.807, 2.05) is 24.3 Å². The molecule has 0 amide bonds. The molecule has 0 aliphatic rings. The maximum Gasteiger partial charge on any atom is 0.269 e. The topological polar surface area (TPSA) is 121 Å². The normalized spacial score (nSPS) is 10.6. The van der Waals surface area contributed by atoms with Crippen molar-refractivity contribution in [2.45, 2.75) is 0 Å². The summed E-state index contributed by atoms with van der Waals surface area (Å²) in [5.41, 5.74) is 3.05. The van der Waals surface area contributed by atoms with E-state index in [-0.39, 0.29) is 5.69 Å². The zero-order valence-corrected chi connectivity index (χ0v) is 14.7. The van der Waals surface area contributed by atoms with Crippen molar-refractivity contribution in [2.24, 2.45) is 0 Å². The lowest BCUT2D eigenvalue weighted by Gasteiger charge is -2.04. The Labute approximate surface area is 158 Å². The fourth-order valence-electron chi connectivity index (χ4n) is 2.84. The van der Waals surface area contributed by atoms with Crippen LogP contribution in [0.4, 0.5) is 17.2 Å². The quantitative estimate of drug-likeness (QED) is 0.404. The highest BCUT2D eigenvalue weighted by Gasteiger charge is 2.16. The van der Waals surface area contributed by atoms with Crippen molar-refractivity contribution in [3.8, 4) is 23.1 Å². The van der Waals surface area contributed by atoms with Crippen LogP contribution >= 0.6 is 0 Å². The van der Waals surface area contributed by atoms with Gasteiger partial charge in [-0.15, -0.1) is 0 Å². The summed E-state index contributed by atoms with van der Waals surface area (Å²) in [4.78, 5) is 14.8. The molecule has 2 heterocycles. The van der Waals surface area contributed by atoms with E-state index in [9.17, 15) is 15.4 Å². The van der Waals surface area contributed by atoms with Gasteiger partial charge in [-0.25, -0.2) is 9.50 Å². The Morgan fingerprint density at radius 3 is 2.54 bits per heavy atom. The molecule has 2 N–H and O–H groups in total. The molecule has 0 saturated carbocycles. The minimum Gasteiger partial charge on any atom is -0.497 e. The molecular weight excluding hydrogens is 360 g/mol. The van der Waals surface area contributed by atoms with Gasteiger partial charge in [0.15, 0.2) is 5.65 Å². The van der Waals surface area contributed by atoms with Crippen LogP contribution in [0.1, 0.15) is 5.56 Å². The zero-order chi connectivity index (χ0) is 19.7. The number of hydrogen-bond donors (Lipinski definition) is 2. The molecule has 0 atom stereocenters. The van der Waals surface area contributed by atoms with Gasteiger partial charge >= 0.3 is 0 Å². The van der Waals surface area contributed by atoms with Crippen molar-refractivity contribution in [3.05, 3.63) is 70.4 Å². The van der Waals surface area contributed by atoms with Crippen molar-refractivity contribution in [1.29, 1.82) is 5.26 Å². The molecule has 0 fully saturated rings. The molecule has 0 bridgehead atoms. The number of nitriles is 1. The second-order valence-corrected chi connectivity index (χ2v) is 5.95. The number of nitro groups is 1. The molecule has 0 saturated heterocycles. The predicted octanol–water partition coefficient (Wildman–Crippen LogP) is 3.86. The van der Waals surface area contributed by atoms with Gasteiger partial charge in [0.2, 0.25) is 0 Å². The van der Waals surface area contributed by atoms with Gasteiger partial charge in [0.1, 0.15) is 23.2 Å². The van der Waals surface area contributed by atoms with E-state index < -0.39 is 4.92 Å². The van der Waals surface area contributed by atoms with Gasteiger partial charge in [-0.05, 0) is 36.4 Å². The lowest BCUT2D eigenvalue weighted by atomic mass is 10.2. The molecule has 9 nitrogen and oxygen atoms in total. The van der Waals surface area contributed by atoms with Gasteiger partial charge in [-0.1, -0.05) is 0 Å². The lowest BCUT2D eigenvalue weighted by molar-refractivity contribution is -0.384. The van der Waals surface area contributed by atoms with Crippen LogP contribution < -0.4 is 10.1 Å². The molecule has 0 spiro atoms. The number of benzene rings is 2. The number of non-ortho nitro benzene ring substituents is 1. The van der Waals surface area contributed by atoms with Crippen LogP contribution in [0.25, 0.3) is 16.9 Å². The van der Waals surface area contributed by atoms with Gasteiger partial charge < -0.3 is 10.1 Å². The zero-order valence-electron chi connectivity index (χ0n) is 14.7. The SMILES string of the molecule is COc1ccc(-c2cn3[nH]c(Nc4ccc([N+](=O)[O-])cc4)c(C#N)c3n2)cc1. The Hall–Kier alpha value is -4.32. The predicted molar refractivity (Wildman–Crippen MR) is 103 cm³/mol. The fraction of sp³-hybridized carbons (Fsp3) is 0.0526. The van der Waals surface area contributed by atoms with Crippen LogP contribution in [0.5, 0.6) is 5.75 Å². The third-order valence-electron chi connectivity index (χ3n) is 4.26. The van der Waals surface area contributed by atoms with Gasteiger partial charge in [0, 0.05) is 23.4 Å². The van der Waals surface area contributed by atoms with Crippen molar-refractivity contribution in [3.63, 3.8) is 0 Å². The number of anilines is 2. The average Bonchev–Trinajstić information content (AvgIpc) is 3.25. The molecule has 138 valence electrons. The van der Waals surface area contributed by atoms with Crippen LogP contribution in [-0.2, 0) is 0 Å². The molecule has 0 aliphatic carbocycles. The highest BCUT2D eigenvalue weighted by Crippen LogP contribution is 2.28. The van der Waals surface area contributed by atoms with Crippen LogP contribution in [0.2, 0.25) is 0 Å². The number of hydrogen-bond acceptors (Lipinski definition) is 6. The summed E-state index contributed by atoms with van der Waals surface area (Å²) in [5.74, 6) is 1.21. The van der Waals surface area contributed by atoms with Crippen molar-refractivity contribution < 1.29 is 9.66 Å². The summed E-state index contributed by atoms with van der Waals surface area (Å²) >= 11 is 0. The van der Waals surface area contributed by atoms with E-state index in [0.29, 0.717) is 28.4 Å². The maximum absolute atomic E-state index is 10.8. The van der Waals surface area contributed by atoms with E-state index in [0.717, 1.165) is 11.3 Å². The van der Waals surface area contributed by atoms with E-state index in [1.54, 1.807) is 30.0 Å². The van der Waals surface area contributed by atoms with Crippen LogP contribution in [0, 0.1) is 21.4 Å².